The Bertz CT molecular complexity index is 562. The van der Waals surface area contributed by atoms with Gasteiger partial charge in [-0.25, -0.2) is 12.8 Å². The van der Waals surface area contributed by atoms with Crippen LogP contribution in [-0.2, 0) is 14.8 Å². The molecule has 106 valence electrons. The van der Waals surface area contributed by atoms with E-state index in [1.165, 1.54) is 22.5 Å². The van der Waals surface area contributed by atoms with Gasteiger partial charge in [0.25, 0.3) is 0 Å². The number of halogens is 1. The van der Waals surface area contributed by atoms with Gasteiger partial charge in [-0.15, -0.1) is 0 Å². The lowest BCUT2D eigenvalue weighted by Gasteiger charge is -2.31. The average molecular weight is 288 g/mol. The number of nitrogens with zero attached hydrogens (tertiary/aromatic N) is 1. The molecule has 19 heavy (non-hydrogen) atoms. The molecule has 1 aliphatic rings. The summed E-state index contributed by atoms with van der Waals surface area (Å²) in [6, 6.07) is 4.05. The Hall–Kier alpha value is -1.02. The van der Waals surface area contributed by atoms with Gasteiger partial charge in [0.2, 0.25) is 10.0 Å². The molecular formula is C12H17FN2O3S. The van der Waals surface area contributed by atoms with Crippen molar-refractivity contribution < 1.29 is 17.5 Å². The van der Waals surface area contributed by atoms with Gasteiger partial charge >= 0.3 is 0 Å². The minimum Gasteiger partial charge on any atom is -0.374 e. The fraction of sp³-hybridized carbons (Fsp3) is 0.500. The molecule has 0 saturated carbocycles. The normalized spacial score (nSPS) is 21.5. The van der Waals surface area contributed by atoms with Gasteiger partial charge in [0, 0.05) is 19.6 Å². The van der Waals surface area contributed by atoms with Crippen molar-refractivity contribution in [3.63, 3.8) is 0 Å². The summed E-state index contributed by atoms with van der Waals surface area (Å²) in [5, 5.41) is 0. The van der Waals surface area contributed by atoms with Crippen molar-refractivity contribution in [2.45, 2.75) is 17.9 Å². The second-order valence-electron chi connectivity index (χ2n) is 4.53. The highest BCUT2D eigenvalue weighted by molar-refractivity contribution is 7.89. The number of benzene rings is 1. The number of nitrogens with two attached hydrogens (primary N) is 1. The van der Waals surface area contributed by atoms with Gasteiger partial charge < -0.3 is 10.5 Å². The Kier molecular flexibility index (Phi) is 4.19. The molecule has 1 heterocycles. The van der Waals surface area contributed by atoms with Crippen molar-refractivity contribution >= 4 is 10.0 Å². The van der Waals surface area contributed by atoms with Crippen molar-refractivity contribution in [3.8, 4) is 0 Å². The Morgan fingerprint density at radius 1 is 1.53 bits per heavy atom. The SMILES string of the molecule is Cc1ccc(F)c(S(=O)(=O)N2CCOC(CN)C2)c1. The highest BCUT2D eigenvalue weighted by Gasteiger charge is 2.32. The fourth-order valence-electron chi connectivity index (χ4n) is 2.00. The zero-order valence-electron chi connectivity index (χ0n) is 10.7. The van der Waals surface area contributed by atoms with E-state index in [1.54, 1.807) is 6.92 Å². The Morgan fingerprint density at radius 3 is 2.95 bits per heavy atom. The van der Waals surface area contributed by atoms with Crippen LogP contribution in [0.5, 0.6) is 0 Å². The van der Waals surface area contributed by atoms with Crippen LogP contribution in [-0.4, -0.2) is 45.1 Å². The van der Waals surface area contributed by atoms with Crippen molar-refractivity contribution in [1.82, 2.24) is 4.31 Å². The van der Waals surface area contributed by atoms with E-state index in [4.69, 9.17) is 10.5 Å². The predicted octanol–water partition coefficient (Wildman–Crippen LogP) is 0.482. The number of morpholine rings is 1. The van der Waals surface area contributed by atoms with Gasteiger partial charge in [0.1, 0.15) is 10.7 Å². The number of ether oxygens (including phenoxy) is 1. The number of sulfonamides is 1. The van der Waals surface area contributed by atoms with Crippen molar-refractivity contribution in [3.05, 3.63) is 29.6 Å². The predicted molar refractivity (Wildman–Crippen MR) is 68.7 cm³/mol. The van der Waals surface area contributed by atoms with Crippen molar-refractivity contribution in [2.24, 2.45) is 5.73 Å². The summed E-state index contributed by atoms with van der Waals surface area (Å²) in [6.07, 6.45) is -0.337. The maximum Gasteiger partial charge on any atom is 0.246 e. The number of aryl methyl sites for hydroxylation is 1. The molecule has 5 nitrogen and oxygen atoms in total. The fourth-order valence-corrected chi connectivity index (χ4v) is 3.61. The van der Waals surface area contributed by atoms with Crippen LogP contribution in [0.4, 0.5) is 4.39 Å². The summed E-state index contributed by atoms with van der Waals surface area (Å²) >= 11 is 0. The van der Waals surface area contributed by atoms with E-state index >= 15 is 0 Å². The van der Waals surface area contributed by atoms with E-state index in [9.17, 15) is 12.8 Å². The van der Waals surface area contributed by atoms with Crippen LogP contribution in [0.3, 0.4) is 0 Å². The minimum atomic E-state index is -3.84. The molecule has 1 aromatic rings. The molecule has 0 aliphatic carbocycles. The molecule has 0 aromatic heterocycles. The maximum absolute atomic E-state index is 13.7. The van der Waals surface area contributed by atoms with E-state index in [0.717, 1.165) is 0 Å². The second kappa shape index (κ2) is 5.54. The van der Waals surface area contributed by atoms with Crippen LogP contribution in [0.2, 0.25) is 0 Å². The lowest BCUT2D eigenvalue weighted by Crippen LogP contribution is -2.48. The molecule has 0 bridgehead atoms. The first-order valence-electron chi connectivity index (χ1n) is 6.03. The molecule has 1 fully saturated rings. The van der Waals surface area contributed by atoms with E-state index < -0.39 is 15.8 Å². The lowest BCUT2D eigenvalue weighted by molar-refractivity contribution is 0.00445. The number of hydrogen-bond donors (Lipinski definition) is 1. The zero-order chi connectivity index (χ0) is 14.0. The highest BCUT2D eigenvalue weighted by atomic mass is 32.2. The summed E-state index contributed by atoms with van der Waals surface area (Å²) in [6.45, 7) is 2.61. The van der Waals surface area contributed by atoms with Crippen LogP contribution in [0.1, 0.15) is 5.56 Å². The van der Waals surface area contributed by atoms with E-state index in [2.05, 4.69) is 0 Å². The first-order chi connectivity index (χ1) is 8.95. The molecule has 7 heteroatoms. The van der Waals surface area contributed by atoms with Gasteiger partial charge in [0.15, 0.2) is 0 Å². The standard InChI is InChI=1S/C12H17FN2O3S/c1-9-2-3-11(13)12(6-9)19(16,17)15-4-5-18-10(7-14)8-15/h2-3,6,10H,4-5,7-8,14H2,1H3. The van der Waals surface area contributed by atoms with Gasteiger partial charge in [-0.3, -0.25) is 0 Å². The van der Waals surface area contributed by atoms with E-state index in [0.29, 0.717) is 5.56 Å². The molecule has 2 N–H and O–H groups in total. The molecular weight excluding hydrogens is 271 g/mol. The van der Waals surface area contributed by atoms with Crippen LogP contribution >= 0.6 is 0 Å². The monoisotopic (exact) mass is 288 g/mol. The van der Waals surface area contributed by atoms with Crippen LogP contribution in [0.25, 0.3) is 0 Å². The van der Waals surface area contributed by atoms with Crippen molar-refractivity contribution in [1.29, 1.82) is 0 Å². The van der Waals surface area contributed by atoms with Crippen LogP contribution in [0, 0.1) is 12.7 Å². The smallest absolute Gasteiger partial charge is 0.246 e. The Morgan fingerprint density at radius 2 is 2.26 bits per heavy atom. The zero-order valence-corrected chi connectivity index (χ0v) is 11.5. The minimum absolute atomic E-state index is 0.159. The Balaban J connectivity index is 2.34. The molecule has 1 aromatic carbocycles. The third kappa shape index (κ3) is 2.94. The Labute approximate surface area is 112 Å². The summed E-state index contributed by atoms with van der Waals surface area (Å²) in [4.78, 5) is -0.287. The van der Waals surface area contributed by atoms with Crippen LogP contribution < -0.4 is 5.73 Å². The molecule has 0 radical (unpaired) electrons. The van der Waals surface area contributed by atoms with Gasteiger partial charge in [0.05, 0.1) is 12.7 Å². The first kappa shape index (κ1) is 14.4. The summed E-state index contributed by atoms with van der Waals surface area (Å²) in [7, 11) is -3.84. The van der Waals surface area contributed by atoms with E-state index in [-0.39, 0.29) is 37.2 Å². The van der Waals surface area contributed by atoms with Gasteiger partial charge in [-0.1, -0.05) is 6.07 Å². The topological polar surface area (TPSA) is 72.6 Å². The maximum atomic E-state index is 13.7. The lowest BCUT2D eigenvalue weighted by atomic mass is 10.2. The quantitative estimate of drug-likeness (QED) is 0.878. The third-order valence-electron chi connectivity index (χ3n) is 3.07. The average Bonchev–Trinajstić information content (AvgIpc) is 2.41. The summed E-state index contributed by atoms with van der Waals surface area (Å²) in [5.41, 5.74) is 6.18. The number of hydrogen-bond acceptors (Lipinski definition) is 4. The number of rotatable bonds is 3. The molecule has 1 aliphatic heterocycles. The van der Waals surface area contributed by atoms with E-state index in [1.807, 2.05) is 0 Å². The molecule has 0 amide bonds. The summed E-state index contributed by atoms with van der Waals surface area (Å²) < 4.78 is 45.1. The molecule has 1 saturated heterocycles. The van der Waals surface area contributed by atoms with Crippen LogP contribution in [0.15, 0.2) is 23.1 Å². The second-order valence-corrected chi connectivity index (χ2v) is 6.43. The molecule has 0 spiro atoms. The highest BCUT2D eigenvalue weighted by Crippen LogP contribution is 2.22. The molecule has 1 unspecified atom stereocenters. The first-order valence-corrected chi connectivity index (χ1v) is 7.47. The molecule has 1 atom stereocenters. The van der Waals surface area contributed by atoms with Crippen molar-refractivity contribution in [2.75, 3.05) is 26.2 Å². The molecule has 2 rings (SSSR count). The summed E-state index contributed by atoms with van der Waals surface area (Å²) in [5.74, 6) is -0.735. The van der Waals surface area contributed by atoms with Gasteiger partial charge in [-0.2, -0.15) is 4.31 Å². The largest absolute Gasteiger partial charge is 0.374 e. The third-order valence-corrected chi connectivity index (χ3v) is 4.95. The van der Waals surface area contributed by atoms with Gasteiger partial charge in [-0.05, 0) is 24.6 Å².